The molecule has 0 aromatic carbocycles. The first-order valence-electron chi connectivity index (χ1n) is 3.51. The van der Waals surface area contributed by atoms with Crippen molar-refractivity contribution in [3.63, 3.8) is 0 Å². The lowest BCUT2D eigenvalue weighted by molar-refractivity contribution is -0.118. The molecule has 0 saturated carbocycles. The van der Waals surface area contributed by atoms with Crippen LogP contribution in [0.5, 0.6) is 0 Å². The van der Waals surface area contributed by atoms with E-state index in [1.165, 1.54) is 0 Å². The Bertz CT molecular complexity index is 93.6. The topological polar surface area (TPSA) is 37.3 Å². The molecule has 0 unspecified atom stereocenters. The van der Waals surface area contributed by atoms with Crippen molar-refractivity contribution in [1.82, 2.24) is 0 Å². The summed E-state index contributed by atoms with van der Waals surface area (Å²) in [4.78, 5) is 10.7. The van der Waals surface area contributed by atoms with Gasteiger partial charge in [0.25, 0.3) is 0 Å². The molecule has 0 aliphatic heterocycles. The summed E-state index contributed by atoms with van der Waals surface area (Å²) in [5.74, 6) is 1.91. The van der Waals surface area contributed by atoms with Crippen LogP contribution in [0.15, 0.2) is 0 Å². The van der Waals surface area contributed by atoms with Crippen molar-refractivity contribution < 1.29 is 9.90 Å². The zero-order valence-electron chi connectivity index (χ0n) is 6.30. The number of aliphatic hydroxyl groups is 1. The van der Waals surface area contributed by atoms with Crippen LogP contribution in [0.3, 0.4) is 0 Å². The number of rotatable bonds is 6. The fourth-order valence-electron chi connectivity index (χ4n) is 0.529. The maximum Gasteiger partial charge on any atom is 0.133 e. The van der Waals surface area contributed by atoms with Crippen LogP contribution in [0.4, 0.5) is 0 Å². The number of aliphatic hydroxyl groups excluding tert-OH is 1. The van der Waals surface area contributed by atoms with Crippen molar-refractivity contribution >= 4 is 17.5 Å². The zero-order chi connectivity index (χ0) is 7.82. The minimum absolute atomic E-state index is 0.213. The Morgan fingerprint density at radius 2 is 2.20 bits per heavy atom. The predicted octanol–water partition coefficient (Wildman–Crippen LogP) is 1.08. The molecule has 0 saturated heterocycles. The van der Waals surface area contributed by atoms with E-state index >= 15 is 0 Å². The summed E-state index contributed by atoms with van der Waals surface area (Å²) in [6, 6.07) is 0. The van der Waals surface area contributed by atoms with Gasteiger partial charge in [0.1, 0.15) is 5.78 Å². The second kappa shape index (κ2) is 7.09. The highest BCUT2D eigenvalue weighted by molar-refractivity contribution is 7.99. The van der Waals surface area contributed by atoms with E-state index in [1.54, 1.807) is 11.8 Å². The monoisotopic (exact) mass is 162 g/mol. The van der Waals surface area contributed by atoms with Crippen molar-refractivity contribution in [2.45, 2.75) is 19.8 Å². The second-order valence-electron chi connectivity index (χ2n) is 1.98. The van der Waals surface area contributed by atoms with Gasteiger partial charge in [-0.05, 0) is 0 Å². The molecular formula is C7H14O2S. The molecule has 60 valence electrons. The van der Waals surface area contributed by atoms with E-state index in [2.05, 4.69) is 0 Å². The van der Waals surface area contributed by atoms with E-state index in [1.807, 2.05) is 6.92 Å². The van der Waals surface area contributed by atoms with E-state index < -0.39 is 0 Å². The SMILES string of the molecule is CCC(=O)CCSCCO. The van der Waals surface area contributed by atoms with Crippen molar-refractivity contribution in [2.75, 3.05) is 18.1 Å². The van der Waals surface area contributed by atoms with Crippen LogP contribution < -0.4 is 0 Å². The largest absolute Gasteiger partial charge is 0.396 e. The number of ketones is 1. The Morgan fingerprint density at radius 3 is 2.70 bits per heavy atom. The Labute approximate surface area is 66.0 Å². The smallest absolute Gasteiger partial charge is 0.133 e. The van der Waals surface area contributed by atoms with Crippen LogP contribution in [-0.2, 0) is 4.79 Å². The third-order valence-electron chi connectivity index (χ3n) is 1.16. The molecule has 0 spiro atoms. The van der Waals surface area contributed by atoms with Gasteiger partial charge in [-0.25, -0.2) is 0 Å². The molecule has 0 fully saturated rings. The lowest BCUT2D eigenvalue weighted by Crippen LogP contribution is -1.97. The minimum Gasteiger partial charge on any atom is -0.396 e. The van der Waals surface area contributed by atoms with Crippen LogP contribution in [0.2, 0.25) is 0 Å². The summed E-state index contributed by atoms with van der Waals surface area (Å²) in [6.07, 6.45) is 1.29. The highest BCUT2D eigenvalue weighted by Gasteiger charge is 1.96. The Kier molecular flexibility index (Phi) is 7.08. The zero-order valence-corrected chi connectivity index (χ0v) is 7.12. The van der Waals surface area contributed by atoms with Gasteiger partial charge < -0.3 is 5.11 Å². The Morgan fingerprint density at radius 1 is 1.50 bits per heavy atom. The van der Waals surface area contributed by atoms with Crippen molar-refractivity contribution in [3.8, 4) is 0 Å². The Hall–Kier alpha value is -0.0200. The van der Waals surface area contributed by atoms with Crippen LogP contribution in [0, 0.1) is 0 Å². The summed E-state index contributed by atoms with van der Waals surface area (Å²) in [5, 5.41) is 8.38. The molecule has 0 aliphatic rings. The van der Waals surface area contributed by atoms with Gasteiger partial charge in [-0.2, -0.15) is 11.8 Å². The molecule has 0 aromatic heterocycles. The standard InChI is InChI=1S/C7H14O2S/c1-2-7(9)3-5-10-6-4-8/h8H,2-6H2,1H3. The normalized spacial score (nSPS) is 9.80. The second-order valence-corrected chi connectivity index (χ2v) is 3.20. The minimum atomic E-state index is 0.213. The van der Waals surface area contributed by atoms with Crippen molar-refractivity contribution in [3.05, 3.63) is 0 Å². The number of hydrogen-bond acceptors (Lipinski definition) is 3. The molecule has 0 radical (unpaired) electrons. The molecule has 2 nitrogen and oxygen atoms in total. The maximum atomic E-state index is 10.7. The first-order valence-corrected chi connectivity index (χ1v) is 4.67. The molecule has 0 aromatic rings. The van der Waals surface area contributed by atoms with Crippen LogP contribution in [0.25, 0.3) is 0 Å². The molecule has 0 atom stereocenters. The van der Waals surface area contributed by atoms with Gasteiger partial charge in [0, 0.05) is 24.3 Å². The molecule has 0 rings (SSSR count). The van der Waals surface area contributed by atoms with Gasteiger partial charge in [-0.1, -0.05) is 6.92 Å². The lowest BCUT2D eigenvalue weighted by atomic mass is 10.2. The van der Waals surface area contributed by atoms with Gasteiger partial charge in [0.15, 0.2) is 0 Å². The molecule has 10 heavy (non-hydrogen) atoms. The molecule has 0 amide bonds. The first kappa shape index (κ1) is 9.98. The number of Topliss-reactive ketones (excluding diaryl/α,β-unsaturated/α-hetero) is 1. The quantitative estimate of drug-likeness (QED) is 0.594. The third-order valence-corrected chi connectivity index (χ3v) is 2.12. The fourth-order valence-corrected chi connectivity index (χ4v) is 1.23. The first-order chi connectivity index (χ1) is 4.81. The molecular weight excluding hydrogens is 148 g/mol. The molecule has 0 aliphatic carbocycles. The van der Waals surface area contributed by atoms with E-state index in [-0.39, 0.29) is 6.61 Å². The Balaban J connectivity index is 2.96. The summed E-state index contributed by atoms with van der Waals surface area (Å²) >= 11 is 1.63. The average Bonchev–Trinajstić information content (AvgIpc) is 1.98. The van der Waals surface area contributed by atoms with Gasteiger partial charge in [-0.3, -0.25) is 4.79 Å². The number of carbonyl (C=O) groups is 1. The lowest BCUT2D eigenvalue weighted by Gasteiger charge is -1.96. The van der Waals surface area contributed by atoms with E-state index in [4.69, 9.17) is 5.11 Å². The van der Waals surface area contributed by atoms with E-state index in [0.29, 0.717) is 18.6 Å². The summed E-state index contributed by atoms with van der Waals surface area (Å²) < 4.78 is 0. The number of hydrogen-bond donors (Lipinski definition) is 1. The molecule has 3 heteroatoms. The highest BCUT2D eigenvalue weighted by atomic mass is 32.2. The maximum absolute atomic E-state index is 10.7. The van der Waals surface area contributed by atoms with Gasteiger partial charge in [0.05, 0.1) is 6.61 Å². The van der Waals surface area contributed by atoms with E-state index in [9.17, 15) is 4.79 Å². The number of carbonyl (C=O) groups excluding carboxylic acids is 1. The predicted molar refractivity (Wildman–Crippen MR) is 44.3 cm³/mol. The summed E-state index contributed by atoms with van der Waals surface area (Å²) in [7, 11) is 0. The van der Waals surface area contributed by atoms with Crippen molar-refractivity contribution in [2.24, 2.45) is 0 Å². The van der Waals surface area contributed by atoms with Crippen LogP contribution >= 0.6 is 11.8 Å². The fraction of sp³-hybridized carbons (Fsp3) is 0.857. The summed E-state index contributed by atoms with van der Waals surface area (Å²) in [6.45, 7) is 2.09. The average molecular weight is 162 g/mol. The van der Waals surface area contributed by atoms with Crippen LogP contribution in [0.1, 0.15) is 19.8 Å². The molecule has 0 heterocycles. The van der Waals surface area contributed by atoms with Gasteiger partial charge >= 0.3 is 0 Å². The van der Waals surface area contributed by atoms with Crippen molar-refractivity contribution in [1.29, 1.82) is 0 Å². The van der Waals surface area contributed by atoms with Crippen LogP contribution in [-0.4, -0.2) is 29.0 Å². The molecule has 0 bridgehead atoms. The van der Waals surface area contributed by atoms with Gasteiger partial charge in [-0.15, -0.1) is 0 Å². The summed E-state index contributed by atoms with van der Waals surface area (Å²) in [5.41, 5.74) is 0. The number of thioether (sulfide) groups is 1. The third kappa shape index (κ3) is 6.11. The molecule has 1 N–H and O–H groups in total. The van der Waals surface area contributed by atoms with Gasteiger partial charge in [0.2, 0.25) is 0 Å². The van der Waals surface area contributed by atoms with E-state index in [0.717, 1.165) is 11.5 Å². The highest BCUT2D eigenvalue weighted by Crippen LogP contribution is 2.02.